The average Bonchev–Trinajstić information content (AvgIpc) is 3.09. The van der Waals surface area contributed by atoms with Crippen LogP contribution in [0.2, 0.25) is 0 Å². The molecule has 0 atom stereocenters. The molecule has 0 saturated carbocycles. The Labute approximate surface area is 154 Å². The first-order valence-electron chi connectivity index (χ1n) is 7.78. The van der Waals surface area contributed by atoms with Crippen molar-refractivity contribution in [2.75, 3.05) is 0 Å². The van der Waals surface area contributed by atoms with Crippen LogP contribution >= 0.6 is 22.6 Å². The van der Waals surface area contributed by atoms with E-state index in [1.807, 2.05) is 36.4 Å². The zero-order valence-corrected chi connectivity index (χ0v) is 15.1. The number of aromatic nitrogens is 2. The molecule has 3 aromatic carbocycles. The lowest BCUT2D eigenvalue weighted by Gasteiger charge is -2.02. The van der Waals surface area contributed by atoms with Gasteiger partial charge < -0.3 is 4.98 Å². The van der Waals surface area contributed by atoms with Gasteiger partial charge in [-0.05, 0) is 28.7 Å². The number of halogens is 1. The molecule has 4 rings (SSSR count). The molecule has 4 aromatic rings. The smallest absolute Gasteiger partial charge is 0.139 e. The topological polar surface area (TPSA) is 28.7 Å². The van der Waals surface area contributed by atoms with Gasteiger partial charge in [0.2, 0.25) is 0 Å². The van der Waals surface area contributed by atoms with Crippen molar-refractivity contribution in [1.82, 2.24) is 9.97 Å². The molecule has 1 N–H and O–H groups in total. The number of hydrogen-bond acceptors (Lipinski definition) is 1. The van der Waals surface area contributed by atoms with Crippen LogP contribution in [0.1, 0.15) is 0 Å². The third kappa shape index (κ3) is 2.87. The van der Waals surface area contributed by atoms with Crippen LogP contribution in [-0.4, -0.2) is 9.97 Å². The lowest BCUT2D eigenvalue weighted by molar-refractivity contribution is 1.30. The van der Waals surface area contributed by atoms with E-state index in [0.29, 0.717) is 0 Å². The normalized spacial score (nSPS) is 10.7. The van der Waals surface area contributed by atoms with Gasteiger partial charge in [-0.2, -0.15) is 0 Å². The Hall–Kier alpha value is -2.40. The molecule has 2 nitrogen and oxygen atoms in total. The number of imidazole rings is 1. The fraction of sp³-hybridized carbons (Fsp3) is 0. The summed E-state index contributed by atoms with van der Waals surface area (Å²) < 4.78 is 1.18. The molecule has 24 heavy (non-hydrogen) atoms. The second kappa shape index (κ2) is 6.61. The summed E-state index contributed by atoms with van der Waals surface area (Å²) >= 11 is 2.35. The summed E-state index contributed by atoms with van der Waals surface area (Å²) in [4.78, 5) is 8.47. The second-order valence-corrected chi connectivity index (χ2v) is 6.68. The van der Waals surface area contributed by atoms with E-state index in [1.165, 1.54) is 3.57 Å². The largest absolute Gasteiger partial charge is 0.337 e. The van der Waals surface area contributed by atoms with Crippen molar-refractivity contribution >= 4 is 22.6 Å². The molecule has 0 fully saturated rings. The molecule has 0 unspecified atom stereocenters. The first kappa shape index (κ1) is 15.1. The van der Waals surface area contributed by atoms with E-state index < -0.39 is 0 Å². The first-order chi connectivity index (χ1) is 11.8. The average molecular weight is 422 g/mol. The van der Waals surface area contributed by atoms with E-state index in [2.05, 4.69) is 76.1 Å². The predicted molar refractivity (Wildman–Crippen MR) is 108 cm³/mol. The Morgan fingerprint density at radius 3 is 1.92 bits per heavy atom. The molecule has 116 valence electrons. The van der Waals surface area contributed by atoms with Crippen molar-refractivity contribution < 1.29 is 0 Å². The SMILES string of the molecule is Ic1ccccc1-c1nc(-c2ccccc2)c(-c2ccccc2)[nH]1. The number of nitrogens with one attached hydrogen (secondary N) is 1. The minimum Gasteiger partial charge on any atom is -0.337 e. The molecule has 0 bridgehead atoms. The van der Waals surface area contributed by atoms with Gasteiger partial charge in [-0.25, -0.2) is 4.98 Å². The second-order valence-electron chi connectivity index (χ2n) is 5.52. The third-order valence-corrected chi connectivity index (χ3v) is 4.88. The summed E-state index contributed by atoms with van der Waals surface area (Å²) in [6.45, 7) is 0. The molecular formula is C21H15IN2. The summed E-state index contributed by atoms with van der Waals surface area (Å²) in [5.41, 5.74) is 5.41. The molecule has 0 saturated heterocycles. The Morgan fingerprint density at radius 2 is 1.25 bits per heavy atom. The minimum atomic E-state index is 0.901. The van der Waals surface area contributed by atoms with Crippen LogP contribution in [0, 0.1) is 3.57 Å². The van der Waals surface area contributed by atoms with Gasteiger partial charge in [-0.3, -0.25) is 0 Å². The van der Waals surface area contributed by atoms with Crippen LogP contribution in [0.15, 0.2) is 84.9 Å². The Bertz CT molecular complexity index is 903. The molecule has 0 radical (unpaired) electrons. The van der Waals surface area contributed by atoms with E-state index in [9.17, 15) is 0 Å². The van der Waals surface area contributed by atoms with Gasteiger partial charge >= 0.3 is 0 Å². The fourth-order valence-corrected chi connectivity index (χ4v) is 3.42. The number of aromatic amines is 1. The summed E-state index contributed by atoms with van der Waals surface area (Å²) in [5, 5.41) is 0. The number of benzene rings is 3. The van der Waals surface area contributed by atoms with Crippen molar-refractivity contribution in [2.24, 2.45) is 0 Å². The van der Waals surface area contributed by atoms with Crippen LogP contribution < -0.4 is 0 Å². The quantitative estimate of drug-likeness (QED) is 0.402. The van der Waals surface area contributed by atoms with Crippen LogP contribution in [0.3, 0.4) is 0 Å². The van der Waals surface area contributed by atoms with E-state index in [0.717, 1.165) is 33.9 Å². The molecule has 3 heteroatoms. The van der Waals surface area contributed by atoms with E-state index in [4.69, 9.17) is 4.98 Å². The number of H-pyrrole nitrogens is 1. The summed E-state index contributed by atoms with van der Waals surface area (Å²) in [5.74, 6) is 0.901. The van der Waals surface area contributed by atoms with Gasteiger partial charge in [-0.15, -0.1) is 0 Å². The molecule has 0 aliphatic heterocycles. The van der Waals surface area contributed by atoms with Gasteiger partial charge in [0.05, 0.1) is 11.4 Å². The summed E-state index contributed by atoms with van der Waals surface area (Å²) in [6, 6.07) is 29.0. The number of rotatable bonds is 3. The van der Waals surface area contributed by atoms with Crippen LogP contribution in [0.5, 0.6) is 0 Å². The van der Waals surface area contributed by atoms with Gasteiger partial charge in [0.25, 0.3) is 0 Å². The first-order valence-corrected chi connectivity index (χ1v) is 8.86. The Kier molecular flexibility index (Phi) is 4.17. The molecule has 0 spiro atoms. The summed E-state index contributed by atoms with van der Waals surface area (Å²) in [6.07, 6.45) is 0. The molecule has 1 heterocycles. The highest BCUT2D eigenvalue weighted by molar-refractivity contribution is 14.1. The monoisotopic (exact) mass is 422 g/mol. The molecule has 0 aliphatic rings. The van der Waals surface area contributed by atoms with Gasteiger partial charge in [0.1, 0.15) is 5.82 Å². The van der Waals surface area contributed by atoms with Crippen molar-refractivity contribution in [3.63, 3.8) is 0 Å². The van der Waals surface area contributed by atoms with Crippen LogP contribution in [0.4, 0.5) is 0 Å². The maximum Gasteiger partial charge on any atom is 0.139 e. The number of nitrogens with zero attached hydrogens (tertiary/aromatic N) is 1. The van der Waals surface area contributed by atoms with E-state index in [1.54, 1.807) is 0 Å². The standard InChI is InChI=1S/C21H15IN2/c22-18-14-8-7-13-17(18)21-23-19(15-9-3-1-4-10-15)20(24-21)16-11-5-2-6-12-16/h1-14H,(H,23,24). The van der Waals surface area contributed by atoms with E-state index in [-0.39, 0.29) is 0 Å². The van der Waals surface area contributed by atoms with Gasteiger partial charge in [0, 0.05) is 20.3 Å². The molecule has 0 amide bonds. The summed E-state index contributed by atoms with van der Waals surface area (Å²) in [7, 11) is 0. The third-order valence-electron chi connectivity index (χ3n) is 3.94. The predicted octanol–water partition coefficient (Wildman–Crippen LogP) is 6.02. The lowest BCUT2D eigenvalue weighted by atomic mass is 10.1. The van der Waals surface area contributed by atoms with Crippen molar-refractivity contribution in [3.05, 3.63) is 88.5 Å². The van der Waals surface area contributed by atoms with Gasteiger partial charge in [0.15, 0.2) is 0 Å². The maximum atomic E-state index is 4.93. The highest BCUT2D eigenvalue weighted by Crippen LogP contribution is 2.33. The zero-order valence-electron chi connectivity index (χ0n) is 12.9. The van der Waals surface area contributed by atoms with Crippen molar-refractivity contribution in [3.8, 4) is 33.9 Å². The minimum absolute atomic E-state index is 0.901. The maximum absolute atomic E-state index is 4.93. The highest BCUT2D eigenvalue weighted by Gasteiger charge is 2.15. The van der Waals surface area contributed by atoms with E-state index >= 15 is 0 Å². The highest BCUT2D eigenvalue weighted by atomic mass is 127. The fourth-order valence-electron chi connectivity index (χ4n) is 2.77. The Morgan fingerprint density at radius 1 is 0.667 bits per heavy atom. The van der Waals surface area contributed by atoms with Crippen molar-refractivity contribution in [2.45, 2.75) is 0 Å². The zero-order chi connectivity index (χ0) is 16.4. The lowest BCUT2D eigenvalue weighted by Crippen LogP contribution is -1.84. The Balaban J connectivity index is 1.94. The number of hydrogen-bond donors (Lipinski definition) is 1. The van der Waals surface area contributed by atoms with Crippen LogP contribution in [-0.2, 0) is 0 Å². The molecule has 0 aliphatic carbocycles. The van der Waals surface area contributed by atoms with Crippen molar-refractivity contribution in [1.29, 1.82) is 0 Å². The van der Waals surface area contributed by atoms with Gasteiger partial charge in [-0.1, -0.05) is 78.9 Å². The molecular weight excluding hydrogens is 407 g/mol. The van der Waals surface area contributed by atoms with Crippen LogP contribution in [0.25, 0.3) is 33.9 Å². The molecule has 1 aromatic heterocycles.